The number of anilines is 1. The molecule has 7 nitrogen and oxygen atoms in total. The van der Waals surface area contributed by atoms with Gasteiger partial charge in [0.2, 0.25) is 15.9 Å². The third-order valence-corrected chi connectivity index (χ3v) is 4.72. The van der Waals surface area contributed by atoms with Gasteiger partial charge in [-0.2, -0.15) is 0 Å². The van der Waals surface area contributed by atoms with E-state index in [2.05, 4.69) is 5.32 Å². The monoisotopic (exact) mass is 342 g/mol. The van der Waals surface area contributed by atoms with Gasteiger partial charge in [-0.15, -0.1) is 0 Å². The normalized spacial score (nSPS) is 14.2. The first-order valence-electron chi connectivity index (χ1n) is 7.34. The lowest BCUT2D eigenvalue weighted by Gasteiger charge is -2.24. The van der Waals surface area contributed by atoms with E-state index < -0.39 is 10.0 Å². The predicted molar refractivity (Wildman–Crippen MR) is 87.5 cm³/mol. The second kappa shape index (κ2) is 7.08. The van der Waals surface area contributed by atoms with Gasteiger partial charge in [0, 0.05) is 25.1 Å². The standard InChI is InChI=1S/C15H22N2O5S/c1-21-12-6-7-14(22-2)13(10-12)17(23(3,19)20)9-8-15(18)16-11-4-5-11/h6-7,10-11H,4-5,8-9H2,1-3H3,(H,16,18). The van der Waals surface area contributed by atoms with Crippen molar-refractivity contribution in [2.24, 2.45) is 0 Å². The molecule has 0 radical (unpaired) electrons. The quantitative estimate of drug-likeness (QED) is 0.766. The van der Waals surface area contributed by atoms with Crippen molar-refractivity contribution in [1.29, 1.82) is 0 Å². The van der Waals surface area contributed by atoms with Crippen LogP contribution in [0, 0.1) is 0 Å². The van der Waals surface area contributed by atoms with E-state index in [0.29, 0.717) is 17.2 Å². The van der Waals surface area contributed by atoms with Gasteiger partial charge in [0.15, 0.2) is 0 Å². The van der Waals surface area contributed by atoms with Crippen molar-refractivity contribution in [2.45, 2.75) is 25.3 Å². The van der Waals surface area contributed by atoms with Gasteiger partial charge in [0.05, 0.1) is 26.2 Å². The van der Waals surface area contributed by atoms with E-state index in [9.17, 15) is 13.2 Å². The van der Waals surface area contributed by atoms with Gasteiger partial charge in [0.1, 0.15) is 11.5 Å². The highest BCUT2D eigenvalue weighted by molar-refractivity contribution is 7.92. The first-order valence-corrected chi connectivity index (χ1v) is 9.19. The van der Waals surface area contributed by atoms with Gasteiger partial charge >= 0.3 is 0 Å². The zero-order valence-electron chi connectivity index (χ0n) is 13.5. The van der Waals surface area contributed by atoms with Gasteiger partial charge < -0.3 is 14.8 Å². The Morgan fingerprint density at radius 2 is 2.00 bits per heavy atom. The lowest BCUT2D eigenvalue weighted by Crippen LogP contribution is -2.35. The van der Waals surface area contributed by atoms with Crippen LogP contribution in [0.4, 0.5) is 5.69 Å². The second-order valence-corrected chi connectivity index (χ2v) is 7.37. The molecule has 8 heteroatoms. The fraction of sp³-hybridized carbons (Fsp3) is 0.533. The second-order valence-electron chi connectivity index (χ2n) is 5.46. The number of sulfonamides is 1. The van der Waals surface area contributed by atoms with Gasteiger partial charge in [-0.05, 0) is 25.0 Å². The minimum atomic E-state index is -3.57. The summed E-state index contributed by atoms with van der Waals surface area (Å²) < 4.78 is 35.8. The Balaban J connectivity index is 2.22. The number of rotatable bonds is 8. The highest BCUT2D eigenvalue weighted by atomic mass is 32.2. The Morgan fingerprint density at radius 1 is 1.30 bits per heavy atom. The van der Waals surface area contributed by atoms with Crippen molar-refractivity contribution in [3.8, 4) is 11.5 Å². The summed E-state index contributed by atoms with van der Waals surface area (Å²) in [5, 5.41) is 2.85. The molecule has 0 atom stereocenters. The van der Waals surface area contributed by atoms with Crippen molar-refractivity contribution in [3.05, 3.63) is 18.2 Å². The van der Waals surface area contributed by atoms with Crippen molar-refractivity contribution in [3.63, 3.8) is 0 Å². The van der Waals surface area contributed by atoms with Crippen LogP contribution in [-0.4, -0.2) is 47.4 Å². The molecule has 1 fully saturated rings. The minimum Gasteiger partial charge on any atom is -0.497 e. The van der Waals surface area contributed by atoms with Gasteiger partial charge in [0.25, 0.3) is 0 Å². The molecule has 128 valence electrons. The first kappa shape index (κ1) is 17.4. The van der Waals surface area contributed by atoms with Crippen LogP contribution in [0.2, 0.25) is 0 Å². The number of methoxy groups -OCH3 is 2. The maximum atomic E-state index is 12.1. The lowest BCUT2D eigenvalue weighted by atomic mass is 10.2. The smallest absolute Gasteiger partial charge is 0.232 e. The number of carbonyl (C=O) groups excluding carboxylic acids is 1. The molecule has 23 heavy (non-hydrogen) atoms. The molecule has 1 N–H and O–H groups in total. The van der Waals surface area contributed by atoms with Gasteiger partial charge in [-0.1, -0.05) is 0 Å². The number of hydrogen-bond acceptors (Lipinski definition) is 5. The van der Waals surface area contributed by atoms with Gasteiger partial charge in [-0.25, -0.2) is 8.42 Å². The molecule has 0 heterocycles. The molecule has 0 aliphatic heterocycles. The minimum absolute atomic E-state index is 0.0426. The van der Waals surface area contributed by atoms with E-state index in [1.165, 1.54) is 18.5 Å². The summed E-state index contributed by atoms with van der Waals surface area (Å²) in [6, 6.07) is 5.15. The molecule has 1 saturated carbocycles. The molecule has 0 spiro atoms. The lowest BCUT2D eigenvalue weighted by molar-refractivity contribution is -0.121. The Labute approximate surface area is 136 Å². The largest absolute Gasteiger partial charge is 0.497 e. The zero-order chi connectivity index (χ0) is 17.0. The summed E-state index contributed by atoms with van der Waals surface area (Å²) in [5.74, 6) is 0.763. The number of nitrogens with one attached hydrogen (secondary N) is 1. The van der Waals surface area contributed by atoms with E-state index in [4.69, 9.17) is 9.47 Å². The van der Waals surface area contributed by atoms with Crippen LogP contribution in [0.5, 0.6) is 11.5 Å². The molecule has 1 aliphatic carbocycles. The topological polar surface area (TPSA) is 84.9 Å². The average Bonchev–Trinajstić information content (AvgIpc) is 3.29. The molecule has 0 unspecified atom stereocenters. The maximum Gasteiger partial charge on any atom is 0.232 e. The average molecular weight is 342 g/mol. The Bertz CT molecular complexity index is 670. The summed E-state index contributed by atoms with van der Waals surface area (Å²) in [4.78, 5) is 11.8. The summed E-state index contributed by atoms with van der Waals surface area (Å²) >= 11 is 0. The van der Waals surface area contributed by atoms with E-state index in [-0.39, 0.29) is 24.9 Å². The fourth-order valence-corrected chi connectivity index (χ4v) is 3.11. The van der Waals surface area contributed by atoms with Crippen LogP contribution < -0.4 is 19.1 Å². The molecule has 0 aromatic heterocycles. The fourth-order valence-electron chi connectivity index (χ4n) is 2.19. The van der Waals surface area contributed by atoms with Crippen molar-refractivity contribution < 1.29 is 22.7 Å². The molecule has 2 rings (SSSR count). The van der Waals surface area contributed by atoms with E-state index in [0.717, 1.165) is 19.1 Å². The third-order valence-electron chi connectivity index (χ3n) is 3.54. The zero-order valence-corrected chi connectivity index (χ0v) is 14.4. The molecule has 0 saturated heterocycles. The Morgan fingerprint density at radius 3 is 2.52 bits per heavy atom. The van der Waals surface area contributed by atoms with Crippen LogP contribution in [0.15, 0.2) is 18.2 Å². The number of ether oxygens (including phenoxy) is 2. The summed E-state index contributed by atoms with van der Waals surface area (Å²) in [5.41, 5.74) is 0.355. The molecule has 1 aromatic rings. The van der Waals surface area contributed by atoms with E-state index >= 15 is 0 Å². The van der Waals surface area contributed by atoms with Gasteiger partial charge in [-0.3, -0.25) is 9.10 Å². The van der Waals surface area contributed by atoms with E-state index in [1.807, 2.05) is 0 Å². The summed E-state index contributed by atoms with van der Waals surface area (Å²) in [6.07, 6.45) is 3.17. The Kier molecular flexibility index (Phi) is 5.35. The van der Waals surface area contributed by atoms with Crippen molar-refractivity contribution in [2.75, 3.05) is 31.3 Å². The van der Waals surface area contributed by atoms with E-state index in [1.54, 1.807) is 18.2 Å². The maximum absolute atomic E-state index is 12.1. The number of nitrogens with zero attached hydrogens (tertiary/aromatic N) is 1. The van der Waals surface area contributed by atoms with Crippen LogP contribution in [0.3, 0.4) is 0 Å². The molecule has 1 aliphatic rings. The number of hydrogen-bond donors (Lipinski definition) is 1. The molecule has 0 bridgehead atoms. The SMILES string of the molecule is COc1ccc(OC)c(N(CCC(=O)NC2CC2)S(C)(=O)=O)c1. The first-order chi connectivity index (χ1) is 10.8. The number of amides is 1. The molecular weight excluding hydrogens is 320 g/mol. The van der Waals surface area contributed by atoms with Crippen LogP contribution in [0.1, 0.15) is 19.3 Å². The Hall–Kier alpha value is -1.96. The van der Waals surface area contributed by atoms with Crippen LogP contribution in [-0.2, 0) is 14.8 Å². The van der Waals surface area contributed by atoms with Crippen molar-refractivity contribution in [1.82, 2.24) is 5.32 Å². The summed E-state index contributed by atoms with van der Waals surface area (Å²) in [7, 11) is -0.603. The molecule has 1 amide bonds. The highest BCUT2D eigenvalue weighted by Gasteiger charge is 2.26. The van der Waals surface area contributed by atoms with Crippen LogP contribution in [0.25, 0.3) is 0 Å². The highest BCUT2D eigenvalue weighted by Crippen LogP contribution is 2.33. The predicted octanol–water partition coefficient (Wildman–Crippen LogP) is 1.14. The van der Waals surface area contributed by atoms with Crippen LogP contribution >= 0.6 is 0 Å². The molecule has 1 aromatic carbocycles. The summed E-state index contributed by atoms with van der Waals surface area (Å²) in [6.45, 7) is 0.0426. The number of carbonyl (C=O) groups is 1. The number of benzene rings is 1. The third kappa shape index (κ3) is 4.75. The molecular formula is C15H22N2O5S. The van der Waals surface area contributed by atoms with Crippen molar-refractivity contribution >= 4 is 21.6 Å².